The molecule has 2 rings (SSSR count). The smallest absolute Gasteiger partial charge is 0.233 e. The highest BCUT2D eigenvalue weighted by molar-refractivity contribution is 5.39. The lowest BCUT2D eigenvalue weighted by Gasteiger charge is -2.17. The monoisotopic (exact) mass is 270 g/mol. The zero-order valence-electron chi connectivity index (χ0n) is 10.6. The Bertz CT molecular complexity index is 697. The average molecular weight is 270 g/mol. The van der Waals surface area contributed by atoms with Crippen LogP contribution in [0.2, 0.25) is 0 Å². The summed E-state index contributed by atoms with van der Waals surface area (Å²) in [6.45, 7) is 1.62. The summed E-state index contributed by atoms with van der Waals surface area (Å²) in [5.41, 5.74) is 0.334. The minimum atomic E-state index is -1.14. The van der Waals surface area contributed by atoms with Gasteiger partial charge < -0.3 is 10.1 Å². The van der Waals surface area contributed by atoms with E-state index in [0.717, 1.165) is 0 Å². The van der Waals surface area contributed by atoms with Crippen LogP contribution in [0.4, 0.5) is 4.39 Å². The van der Waals surface area contributed by atoms with Crippen molar-refractivity contribution in [2.45, 2.75) is 12.8 Å². The minimum absolute atomic E-state index is 0.166. The highest BCUT2D eigenvalue weighted by Crippen LogP contribution is 2.36. The number of aromatic hydroxyl groups is 1. The minimum Gasteiger partial charge on any atom is -0.492 e. The predicted octanol–water partition coefficient (Wildman–Crippen LogP) is 2.36. The van der Waals surface area contributed by atoms with Gasteiger partial charge in [0, 0.05) is 0 Å². The summed E-state index contributed by atoms with van der Waals surface area (Å²) >= 11 is 0. The van der Waals surface area contributed by atoms with Gasteiger partial charge in [0.1, 0.15) is 17.6 Å². The molecule has 0 saturated carbocycles. The number of imidazole rings is 1. The number of benzene rings is 1. The van der Waals surface area contributed by atoms with Gasteiger partial charge in [-0.25, -0.2) is 4.39 Å². The van der Waals surface area contributed by atoms with Crippen LogP contribution < -0.4 is 0 Å². The largest absolute Gasteiger partial charge is 0.492 e. The van der Waals surface area contributed by atoms with Crippen molar-refractivity contribution in [3.63, 3.8) is 0 Å². The van der Waals surface area contributed by atoms with E-state index in [0.29, 0.717) is 5.82 Å². The summed E-state index contributed by atoms with van der Waals surface area (Å²) in [7, 11) is 0. The first-order valence-corrected chi connectivity index (χ1v) is 5.87. The predicted molar refractivity (Wildman–Crippen MR) is 67.9 cm³/mol. The van der Waals surface area contributed by atoms with Gasteiger partial charge in [-0.1, -0.05) is 18.2 Å². The van der Waals surface area contributed by atoms with Gasteiger partial charge in [-0.3, -0.25) is 0 Å². The zero-order chi connectivity index (χ0) is 14.7. The van der Waals surface area contributed by atoms with Crippen LogP contribution >= 0.6 is 0 Å². The van der Waals surface area contributed by atoms with Crippen LogP contribution in [0.5, 0.6) is 5.88 Å². The Morgan fingerprint density at radius 2 is 1.95 bits per heavy atom. The first kappa shape index (κ1) is 13.6. The van der Waals surface area contributed by atoms with E-state index < -0.39 is 17.7 Å². The van der Waals surface area contributed by atoms with E-state index in [1.807, 2.05) is 12.1 Å². The van der Waals surface area contributed by atoms with Gasteiger partial charge in [0.05, 0.1) is 23.8 Å². The zero-order valence-corrected chi connectivity index (χ0v) is 10.6. The summed E-state index contributed by atoms with van der Waals surface area (Å²) < 4.78 is 14.0. The van der Waals surface area contributed by atoms with Crippen molar-refractivity contribution in [2.75, 3.05) is 0 Å². The fourth-order valence-electron chi connectivity index (χ4n) is 2.12. The standard InChI is InChI=1S/C14H11FN4O/c1-8-18-13(14(20)19-8)12(9(6-16)7-17)10-4-2-3-5-11(10)15/h2-5,9,12,20H,1H3,(H,18,19). The van der Waals surface area contributed by atoms with E-state index in [4.69, 9.17) is 10.5 Å². The van der Waals surface area contributed by atoms with Crippen LogP contribution in [0.25, 0.3) is 0 Å². The molecule has 20 heavy (non-hydrogen) atoms. The molecular formula is C14H11FN4O. The number of nitrogens with zero attached hydrogens (tertiary/aromatic N) is 3. The molecule has 1 aromatic heterocycles. The van der Waals surface area contributed by atoms with Crippen LogP contribution in [-0.4, -0.2) is 15.1 Å². The Balaban J connectivity index is 2.64. The fraction of sp³-hybridized carbons (Fsp3) is 0.214. The SMILES string of the molecule is Cc1nc(O)c(C(c2ccccc2F)C(C#N)C#N)[nH]1. The van der Waals surface area contributed by atoms with Crippen LogP contribution in [0.3, 0.4) is 0 Å². The first-order chi connectivity index (χ1) is 9.58. The van der Waals surface area contributed by atoms with Crippen molar-refractivity contribution in [1.82, 2.24) is 9.97 Å². The molecule has 0 aliphatic heterocycles. The van der Waals surface area contributed by atoms with Crippen molar-refractivity contribution in [1.29, 1.82) is 10.5 Å². The maximum absolute atomic E-state index is 14.0. The van der Waals surface area contributed by atoms with Gasteiger partial charge in [-0.05, 0) is 18.6 Å². The van der Waals surface area contributed by atoms with Crippen molar-refractivity contribution >= 4 is 0 Å². The fourth-order valence-corrected chi connectivity index (χ4v) is 2.12. The lowest BCUT2D eigenvalue weighted by molar-refractivity contribution is 0.441. The van der Waals surface area contributed by atoms with Crippen LogP contribution in [-0.2, 0) is 0 Å². The van der Waals surface area contributed by atoms with Crippen LogP contribution in [0, 0.1) is 41.3 Å². The molecule has 0 fully saturated rings. The number of aryl methyl sites for hydroxylation is 1. The number of aromatic amines is 1. The van der Waals surface area contributed by atoms with E-state index in [-0.39, 0.29) is 17.1 Å². The van der Waals surface area contributed by atoms with Crippen molar-refractivity contribution < 1.29 is 9.50 Å². The number of rotatable bonds is 3. The van der Waals surface area contributed by atoms with Gasteiger partial charge in [-0.2, -0.15) is 15.5 Å². The van der Waals surface area contributed by atoms with E-state index in [2.05, 4.69) is 9.97 Å². The molecule has 0 radical (unpaired) electrons. The van der Waals surface area contributed by atoms with Gasteiger partial charge in [0.25, 0.3) is 0 Å². The number of hydrogen-bond acceptors (Lipinski definition) is 4. The molecule has 6 heteroatoms. The van der Waals surface area contributed by atoms with Crippen LogP contribution in [0.15, 0.2) is 24.3 Å². The van der Waals surface area contributed by atoms with Gasteiger partial charge in [0.15, 0.2) is 0 Å². The molecular weight excluding hydrogens is 259 g/mol. The first-order valence-electron chi connectivity index (χ1n) is 5.87. The summed E-state index contributed by atoms with van der Waals surface area (Å²) in [6.07, 6.45) is 0. The molecule has 1 aromatic carbocycles. The lowest BCUT2D eigenvalue weighted by Crippen LogP contribution is -2.14. The number of hydrogen-bond donors (Lipinski definition) is 2. The molecule has 1 unspecified atom stereocenters. The third kappa shape index (κ3) is 2.32. The molecule has 0 aliphatic carbocycles. The van der Waals surface area contributed by atoms with Gasteiger partial charge >= 0.3 is 0 Å². The summed E-state index contributed by atoms with van der Waals surface area (Å²) in [4.78, 5) is 6.59. The molecule has 100 valence electrons. The number of halogens is 1. The molecule has 0 saturated heterocycles. The number of H-pyrrole nitrogens is 1. The Morgan fingerprint density at radius 1 is 1.30 bits per heavy atom. The molecule has 5 nitrogen and oxygen atoms in total. The second kappa shape index (κ2) is 5.41. The normalized spacial score (nSPS) is 11.8. The van der Waals surface area contributed by atoms with E-state index in [1.54, 1.807) is 13.0 Å². The Kier molecular flexibility index (Phi) is 3.67. The average Bonchev–Trinajstić information content (AvgIpc) is 2.76. The molecule has 2 N–H and O–H groups in total. The number of nitrogens with one attached hydrogen (secondary N) is 1. The second-order valence-corrected chi connectivity index (χ2v) is 4.29. The quantitative estimate of drug-likeness (QED) is 0.894. The lowest BCUT2D eigenvalue weighted by atomic mass is 9.85. The molecule has 0 bridgehead atoms. The Labute approximate surface area is 114 Å². The molecule has 1 heterocycles. The second-order valence-electron chi connectivity index (χ2n) is 4.29. The highest BCUT2D eigenvalue weighted by Gasteiger charge is 2.31. The maximum atomic E-state index is 14.0. The third-order valence-corrected chi connectivity index (χ3v) is 2.99. The van der Waals surface area contributed by atoms with Crippen molar-refractivity contribution in [3.05, 3.63) is 47.2 Å². The molecule has 0 aliphatic rings. The molecule has 0 spiro atoms. The Morgan fingerprint density at radius 3 is 2.45 bits per heavy atom. The maximum Gasteiger partial charge on any atom is 0.233 e. The Hall–Kier alpha value is -2.86. The van der Waals surface area contributed by atoms with Gasteiger partial charge in [0.2, 0.25) is 5.88 Å². The third-order valence-electron chi connectivity index (χ3n) is 2.99. The topological polar surface area (TPSA) is 96.5 Å². The summed E-state index contributed by atoms with van der Waals surface area (Å²) in [6, 6.07) is 9.50. The van der Waals surface area contributed by atoms with E-state index in [1.165, 1.54) is 18.2 Å². The number of aromatic nitrogens is 2. The van der Waals surface area contributed by atoms with Crippen LogP contribution in [0.1, 0.15) is 23.0 Å². The summed E-state index contributed by atoms with van der Waals surface area (Å²) in [5, 5.41) is 28.0. The number of nitriles is 2. The van der Waals surface area contributed by atoms with Crippen molar-refractivity contribution in [3.8, 4) is 18.0 Å². The molecule has 1 atom stereocenters. The van der Waals surface area contributed by atoms with E-state index >= 15 is 0 Å². The van der Waals surface area contributed by atoms with E-state index in [9.17, 15) is 9.50 Å². The molecule has 2 aromatic rings. The summed E-state index contributed by atoms with van der Waals surface area (Å²) in [5.74, 6) is -2.51. The van der Waals surface area contributed by atoms with Gasteiger partial charge in [-0.15, -0.1) is 0 Å². The highest BCUT2D eigenvalue weighted by atomic mass is 19.1. The molecule has 0 amide bonds. The van der Waals surface area contributed by atoms with Crippen molar-refractivity contribution in [2.24, 2.45) is 5.92 Å².